The Morgan fingerprint density at radius 3 is 2.37 bits per heavy atom. The van der Waals surface area contributed by atoms with Crippen LogP contribution >= 0.6 is 24.8 Å². The molecule has 0 unspecified atom stereocenters. The highest BCUT2D eigenvalue weighted by Crippen LogP contribution is 2.44. The smallest absolute Gasteiger partial charge is 0.123 e. The Bertz CT molecular complexity index is 774. The van der Waals surface area contributed by atoms with Gasteiger partial charge in [0.2, 0.25) is 0 Å². The fourth-order valence-corrected chi connectivity index (χ4v) is 4.99. The van der Waals surface area contributed by atoms with Crippen LogP contribution in [0.2, 0.25) is 0 Å². The molecule has 2 saturated heterocycles. The number of benzene rings is 2. The summed E-state index contributed by atoms with van der Waals surface area (Å²) in [4.78, 5) is 7.34. The van der Waals surface area contributed by atoms with E-state index in [4.69, 9.17) is 4.74 Å². The lowest BCUT2D eigenvalue weighted by Crippen LogP contribution is -2.29. The summed E-state index contributed by atoms with van der Waals surface area (Å²) in [5.41, 5.74) is 2.78. The molecule has 2 aliphatic rings. The number of para-hydroxylation sites is 1. The number of nitrogens with zero attached hydrogens (tertiary/aromatic N) is 3. The number of rotatable bonds is 7. The van der Waals surface area contributed by atoms with Gasteiger partial charge >= 0.3 is 0 Å². The van der Waals surface area contributed by atoms with Crippen molar-refractivity contribution in [1.82, 2.24) is 14.7 Å². The van der Waals surface area contributed by atoms with Crippen molar-refractivity contribution in [3.8, 4) is 5.75 Å². The molecule has 4 nitrogen and oxygen atoms in total. The Balaban J connectivity index is 0.00000160. The first-order chi connectivity index (χ1) is 13.6. The van der Waals surface area contributed by atoms with Crippen molar-refractivity contribution in [2.24, 2.45) is 11.8 Å². The Labute approximate surface area is 194 Å². The standard InChI is InChI=1S/C24H33N3O.2ClH/c1-25(2)13-14-28-23-12-8-7-11-20(23)16-27-17-21-15-26(3)24(22(21)18-27)19-9-5-4-6-10-19;;/h4-12,21-22,24H,13-18H2,1-3H3;2*1H/t21-,22+,24-;;/m0../s1. The molecule has 0 saturated carbocycles. The number of fused-ring (bicyclic) bond motifs is 1. The van der Waals surface area contributed by atoms with Crippen molar-refractivity contribution >= 4 is 24.8 Å². The Kier molecular flexibility index (Phi) is 9.45. The van der Waals surface area contributed by atoms with Gasteiger partial charge in [0.05, 0.1) is 0 Å². The van der Waals surface area contributed by atoms with Gasteiger partial charge in [0.25, 0.3) is 0 Å². The van der Waals surface area contributed by atoms with Crippen LogP contribution in [0.3, 0.4) is 0 Å². The average Bonchev–Trinajstić information content (AvgIpc) is 3.19. The predicted molar refractivity (Wildman–Crippen MR) is 129 cm³/mol. The van der Waals surface area contributed by atoms with Crippen LogP contribution in [0.25, 0.3) is 0 Å². The van der Waals surface area contributed by atoms with Crippen LogP contribution in [0.5, 0.6) is 5.75 Å². The first kappa shape index (κ1) is 25.0. The van der Waals surface area contributed by atoms with Gasteiger partial charge in [0.1, 0.15) is 12.4 Å². The largest absolute Gasteiger partial charge is 0.492 e. The van der Waals surface area contributed by atoms with Gasteiger partial charge in [-0.3, -0.25) is 9.80 Å². The predicted octanol–water partition coefficient (Wildman–Crippen LogP) is 4.21. The van der Waals surface area contributed by atoms with Gasteiger partial charge in [0.15, 0.2) is 0 Å². The van der Waals surface area contributed by atoms with Crippen LogP contribution < -0.4 is 4.74 Å². The maximum Gasteiger partial charge on any atom is 0.123 e. The summed E-state index contributed by atoms with van der Waals surface area (Å²) < 4.78 is 6.08. The van der Waals surface area contributed by atoms with Crippen LogP contribution in [0.4, 0.5) is 0 Å². The number of hydrogen-bond donors (Lipinski definition) is 0. The molecule has 166 valence electrons. The molecule has 6 heteroatoms. The molecule has 4 rings (SSSR count). The van der Waals surface area contributed by atoms with Gasteiger partial charge in [-0.2, -0.15) is 0 Å². The van der Waals surface area contributed by atoms with Crippen LogP contribution in [-0.4, -0.2) is 68.6 Å². The van der Waals surface area contributed by atoms with E-state index in [2.05, 4.69) is 90.4 Å². The first-order valence-corrected chi connectivity index (χ1v) is 10.4. The van der Waals surface area contributed by atoms with Gasteiger partial charge in [-0.05, 0) is 44.6 Å². The van der Waals surface area contributed by atoms with E-state index < -0.39 is 0 Å². The summed E-state index contributed by atoms with van der Waals surface area (Å²) in [7, 11) is 6.45. The molecule has 2 aromatic rings. The van der Waals surface area contributed by atoms with Gasteiger partial charge in [-0.25, -0.2) is 0 Å². The molecule has 2 aliphatic heterocycles. The molecular weight excluding hydrogens is 417 g/mol. The molecule has 0 bridgehead atoms. The minimum absolute atomic E-state index is 0. The Morgan fingerprint density at radius 1 is 0.933 bits per heavy atom. The van der Waals surface area contributed by atoms with E-state index in [-0.39, 0.29) is 24.8 Å². The molecule has 3 atom stereocenters. The fourth-order valence-electron chi connectivity index (χ4n) is 4.99. The van der Waals surface area contributed by atoms with Gasteiger partial charge in [-0.15, -0.1) is 24.8 Å². The molecular formula is C24H35Cl2N3O. The number of hydrogen-bond acceptors (Lipinski definition) is 4. The molecule has 0 aliphatic carbocycles. The highest BCUT2D eigenvalue weighted by atomic mass is 35.5. The normalized spacial score (nSPS) is 23.7. The maximum atomic E-state index is 6.08. The molecule has 0 radical (unpaired) electrons. The van der Waals surface area contributed by atoms with Crippen LogP contribution in [-0.2, 0) is 6.54 Å². The van der Waals surface area contributed by atoms with Crippen LogP contribution in [0.1, 0.15) is 17.2 Å². The fraction of sp³-hybridized carbons (Fsp3) is 0.500. The zero-order valence-corrected chi connectivity index (χ0v) is 19.9. The second-order valence-corrected chi connectivity index (χ2v) is 8.67. The third-order valence-corrected chi connectivity index (χ3v) is 6.27. The second-order valence-electron chi connectivity index (χ2n) is 8.67. The van der Waals surface area contributed by atoms with E-state index in [1.54, 1.807) is 0 Å². The minimum Gasteiger partial charge on any atom is -0.492 e. The lowest BCUT2D eigenvalue weighted by atomic mass is 9.90. The third-order valence-electron chi connectivity index (χ3n) is 6.27. The van der Waals surface area contributed by atoms with Crippen LogP contribution in [0.15, 0.2) is 54.6 Å². The number of likely N-dealkylation sites (N-methyl/N-ethyl adjacent to an activating group) is 1. The summed E-state index contributed by atoms with van der Waals surface area (Å²) in [6.07, 6.45) is 0. The van der Waals surface area contributed by atoms with E-state index >= 15 is 0 Å². The average molecular weight is 452 g/mol. The summed E-state index contributed by atoms with van der Waals surface area (Å²) >= 11 is 0. The molecule has 0 amide bonds. The van der Waals surface area contributed by atoms with Gasteiger partial charge in [-0.1, -0.05) is 48.5 Å². The van der Waals surface area contributed by atoms with Crippen LogP contribution in [0, 0.1) is 11.8 Å². The SMILES string of the molecule is CN(C)CCOc1ccccc1CN1C[C@@H]2CN(C)[C@@H](c3ccccc3)[C@@H]2C1.Cl.Cl. The Hall–Kier alpha value is -1.30. The molecule has 2 aromatic carbocycles. The summed E-state index contributed by atoms with van der Waals surface area (Å²) in [6.45, 7) is 6.20. The summed E-state index contributed by atoms with van der Waals surface area (Å²) in [5.74, 6) is 2.52. The molecule has 0 aromatic heterocycles. The van der Waals surface area contributed by atoms with Crippen molar-refractivity contribution in [3.63, 3.8) is 0 Å². The van der Waals surface area contributed by atoms with Crippen molar-refractivity contribution in [2.75, 3.05) is 53.9 Å². The van der Waals surface area contributed by atoms with E-state index in [1.165, 1.54) is 30.8 Å². The molecule has 0 spiro atoms. The van der Waals surface area contributed by atoms with Crippen molar-refractivity contribution in [2.45, 2.75) is 12.6 Å². The van der Waals surface area contributed by atoms with E-state index in [9.17, 15) is 0 Å². The molecule has 30 heavy (non-hydrogen) atoms. The third kappa shape index (κ3) is 5.68. The molecule has 0 N–H and O–H groups in total. The van der Waals surface area contributed by atoms with Crippen molar-refractivity contribution in [1.29, 1.82) is 0 Å². The Morgan fingerprint density at radius 2 is 1.63 bits per heavy atom. The number of likely N-dealkylation sites (tertiary alicyclic amines) is 2. The quantitative estimate of drug-likeness (QED) is 0.627. The number of halogens is 2. The minimum atomic E-state index is 0. The van der Waals surface area contributed by atoms with E-state index in [0.29, 0.717) is 12.0 Å². The summed E-state index contributed by atoms with van der Waals surface area (Å²) in [6, 6.07) is 20.1. The zero-order valence-electron chi connectivity index (χ0n) is 18.2. The maximum absolute atomic E-state index is 6.08. The first-order valence-electron chi connectivity index (χ1n) is 10.4. The highest BCUT2D eigenvalue weighted by Gasteiger charge is 2.45. The van der Waals surface area contributed by atoms with Gasteiger partial charge < -0.3 is 9.64 Å². The molecule has 2 heterocycles. The van der Waals surface area contributed by atoms with Crippen molar-refractivity contribution in [3.05, 3.63) is 65.7 Å². The number of ether oxygens (including phenoxy) is 1. The molecule has 2 fully saturated rings. The topological polar surface area (TPSA) is 19.0 Å². The van der Waals surface area contributed by atoms with E-state index in [0.717, 1.165) is 31.4 Å². The van der Waals surface area contributed by atoms with Gasteiger partial charge in [0, 0.05) is 44.3 Å². The second kappa shape index (κ2) is 11.4. The monoisotopic (exact) mass is 451 g/mol. The lowest BCUT2D eigenvalue weighted by Gasteiger charge is -2.27. The lowest BCUT2D eigenvalue weighted by molar-refractivity contribution is 0.220. The van der Waals surface area contributed by atoms with Crippen molar-refractivity contribution < 1.29 is 4.74 Å². The summed E-state index contributed by atoms with van der Waals surface area (Å²) in [5, 5.41) is 0. The van der Waals surface area contributed by atoms with E-state index in [1.807, 2.05) is 0 Å². The zero-order chi connectivity index (χ0) is 19.5. The highest BCUT2D eigenvalue weighted by molar-refractivity contribution is 5.85.